The second kappa shape index (κ2) is 9.48. The number of rotatable bonds is 5. The number of halogens is 1. The highest BCUT2D eigenvalue weighted by molar-refractivity contribution is 8.93. The lowest BCUT2D eigenvalue weighted by atomic mass is 10.1. The van der Waals surface area contributed by atoms with E-state index in [9.17, 15) is 0 Å². The normalized spacial score (nSPS) is 11.4. The van der Waals surface area contributed by atoms with E-state index in [4.69, 9.17) is 0 Å². The maximum atomic E-state index is 4.37. The van der Waals surface area contributed by atoms with Crippen LogP contribution in [0.2, 0.25) is 0 Å². The fraction of sp³-hybridized carbons (Fsp3) is 0.312. The summed E-state index contributed by atoms with van der Waals surface area (Å²) in [4.78, 5) is 4.37. The quantitative estimate of drug-likeness (QED) is 0.514. The SMILES string of the molecule is Br.C/N=C(\CCSC)SCc1ccc2ccccc2c1. The van der Waals surface area contributed by atoms with Crippen molar-refractivity contribution < 1.29 is 0 Å². The third-order valence-corrected chi connectivity index (χ3v) is 4.80. The number of fused-ring (bicyclic) bond motifs is 1. The summed E-state index contributed by atoms with van der Waals surface area (Å²) in [6, 6.07) is 15.2. The van der Waals surface area contributed by atoms with E-state index in [1.54, 1.807) is 0 Å². The zero-order chi connectivity index (χ0) is 13.5. The summed E-state index contributed by atoms with van der Waals surface area (Å²) in [5.41, 5.74) is 1.37. The van der Waals surface area contributed by atoms with Gasteiger partial charge in [-0.15, -0.1) is 28.7 Å². The number of benzene rings is 2. The molecule has 4 heteroatoms. The number of hydrogen-bond donors (Lipinski definition) is 0. The molecule has 0 atom stereocenters. The molecule has 0 saturated carbocycles. The molecule has 2 aromatic rings. The Balaban J connectivity index is 0.00000200. The predicted molar refractivity (Wildman–Crippen MR) is 102 cm³/mol. The van der Waals surface area contributed by atoms with Crippen molar-refractivity contribution in [2.45, 2.75) is 12.2 Å². The van der Waals surface area contributed by atoms with Gasteiger partial charge in [0, 0.05) is 19.2 Å². The zero-order valence-corrected chi connectivity index (χ0v) is 15.2. The Morgan fingerprint density at radius 3 is 2.55 bits per heavy atom. The number of aliphatic imine (C=N–C) groups is 1. The molecule has 0 aliphatic heterocycles. The Labute approximate surface area is 140 Å². The van der Waals surface area contributed by atoms with Crippen LogP contribution in [0.5, 0.6) is 0 Å². The van der Waals surface area contributed by atoms with Crippen molar-refractivity contribution in [2.24, 2.45) is 4.99 Å². The van der Waals surface area contributed by atoms with Crippen LogP contribution in [0.15, 0.2) is 47.5 Å². The van der Waals surface area contributed by atoms with Gasteiger partial charge in [-0.3, -0.25) is 4.99 Å². The van der Waals surface area contributed by atoms with Crippen LogP contribution in [-0.2, 0) is 5.75 Å². The molecule has 1 nitrogen and oxygen atoms in total. The van der Waals surface area contributed by atoms with Crippen LogP contribution in [0.25, 0.3) is 10.8 Å². The summed E-state index contributed by atoms with van der Waals surface area (Å²) >= 11 is 3.73. The van der Waals surface area contributed by atoms with Gasteiger partial charge >= 0.3 is 0 Å². The first-order valence-electron chi connectivity index (χ1n) is 6.38. The van der Waals surface area contributed by atoms with Gasteiger partial charge < -0.3 is 0 Å². The maximum absolute atomic E-state index is 4.37. The highest BCUT2D eigenvalue weighted by Crippen LogP contribution is 2.21. The number of hydrogen-bond acceptors (Lipinski definition) is 3. The molecular weight excluding hydrogens is 350 g/mol. The third-order valence-electron chi connectivity index (χ3n) is 2.99. The second-order valence-electron chi connectivity index (χ2n) is 4.33. The molecule has 0 amide bonds. The molecule has 0 heterocycles. The topological polar surface area (TPSA) is 12.4 Å². The van der Waals surface area contributed by atoms with Crippen LogP contribution in [0.4, 0.5) is 0 Å². The second-order valence-corrected chi connectivity index (χ2v) is 6.36. The molecule has 0 spiro atoms. The zero-order valence-electron chi connectivity index (χ0n) is 11.8. The predicted octanol–water partition coefficient (Wildman–Crippen LogP) is 5.43. The minimum atomic E-state index is 0. The fourth-order valence-corrected chi connectivity index (χ4v) is 3.35. The van der Waals surface area contributed by atoms with Crippen molar-refractivity contribution in [2.75, 3.05) is 19.1 Å². The molecule has 0 aromatic heterocycles. The number of nitrogens with zero attached hydrogens (tertiary/aromatic N) is 1. The highest BCUT2D eigenvalue weighted by Gasteiger charge is 2.02. The van der Waals surface area contributed by atoms with E-state index in [1.165, 1.54) is 21.4 Å². The fourth-order valence-electron chi connectivity index (χ4n) is 1.93. The first kappa shape index (κ1) is 17.6. The van der Waals surface area contributed by atoms with Gasteiger partial charge in [-0.1, -0.05) is 42.5 Å². The van der Waals surface area contributed by atoms with E-state index in [0.29, 0.717) is 0 Å². The van der Waals surface area contributed by atoms with E-state index in [2.05, 4.69) is 53.7 Å². The Bertz CT molecular complexity index is 569. The summed E-state index contributed by atoms with van der Waals surface area (Å²) in [6.07, 6.45) is 3.22. The molecule has 2 aromatic carbocycles. The molecule has 0 aliphatic rings. The van der Waals surface area contributed by atoms with Crippen molar-refractivity contribution in [1.29, 1.82) is 0 Å². The Kier molecular flexibility index (Phi) is 8.34. The molecule has 20 heavy (non-hydrogen) atoms. The standard InChI is InChI=1S/C16H19NS2.BrH/c1-17-16(9-10-18-2)19-12-13-7-8-14-5-3-4-6-15(14)11-13;/h3-8,11H,9-10,12H2,1-2H3;1H/b17-16+;. The first-order valence-corrected chi connectivity index (χ1v) is 8.76. The molecule has 0 unspecified atom stereocenters. The van der Waals surface area contributed by atoms with Crippen molar-refractivity contribution in [3.63, 3.8) is 0 Å². The summed E-state index contributed by atoms with van der Waals surface area (Å²) in [6.45, 7) is 0. The molecular formula is C16H20BrNS2. The lowest BCUT2D eigenvalue weighted by Crippen LogP contribution is -1.95. The monoisotopic (exact) mass is 369 g/mol. The highest BCUT2D eigenvalue weighted by atomic mass is 79.9. The summed E-state index contributed by atoms with van der Waals surface area (Å²) < 4.78 is 0. The Hall–Kier alpha value is -0.450. The van der Waals surface area contributed by atoms with E-state index >= 15 is 0 Å². The molecule has 2 rings (SSSR count). The van der Waals surface area contributed by atoms with Crippen molar-refractivity contribution in [3.05, 3.63) is 48.0 Å². The summed E-state index contributed by atoms with van der Waals surface area (Å²) in [5, 5.41) is 3.88. The van der Waals surface area contributed by atoms with Gasteiger partial charge in [0.05, 0.1) is 5.04 Å². The van der Waals surface area contributed by atoms with Gasteiger partial charge in [0.2, 0.25) is 0 Å². The van der Waals surface area contributed by atoms with E-state index in [-0.39, 0.29) is 17.0 Å². The van der Waals surface area contributed by atoms with E-state index in [1.807, 2.05) is 30.6 Å². The Morgan fingerprint density at radius 1 is 1.10 bits per heavy atom. The van der Waals surface area contributed by atoms with Gasteiger partial charge in [-0.25, -0.2) is 0 Å². The maximum Gasteiger partial charge on any atom is 0.0683 e. The van der Waals surface area contributed by atoms with Crippen molar-refractivity contribution in [3.8, 4) is 0 Å². The molecule has 0 aliphatic carbocycles. The summed E-state index contributed by atoms with van der Waals surface area (Å²) in [7, 11) is 1.89. The first-order chi connectivity index (χ1) is 9.33. The minimum absolute atomic E-state index is 0. The van der Waals surface area contributed by atoms with E-state index < -0.39 is 0 Å². The van der Waals surface area contributed by atoms with Crippen LogP contribution >= 0.6 is 40.5 Å². The molecule has 0 bridgehead atoms. The van der Waals surface area contributed by atoms with Gasteiger partial charge in [-0.05, 0) is 28.3 Å². The number of thioether (sulfide) groups is 2. The molecule has 0 saturated heterocycles. The lowest BCUT2D eigenvalue weighted by Gasteiger charge is -2.06. The third kappa shape index (κ3) is 5.15. The minimum Gasteiger partial charge on any atom is -0.286 e. The van der Waals surface area contributed by atoms with Crippen molar-refractivity contribution >= 4 is 56.3 Å². The van der Waals surface area contributed by atoms with Crippen LogP contribution in [0.1, 0.15) is 12.0 Å². The molecule has 0 fully saturated rings. The van der Waals surface area contributed by atoms with Gasteiger partial charge in [-0.2, -0.15) is 11.8 Å². The summed E-state index contributed by atoms with van der Waals surface area (Å²) in [5.74, 6) is 2.16. The largest absolute Gasteiger partial charge is 0.286 e. The van der Waals surface area contributed by atoms with Gasteiger partial charge in [0.25, 0.3) is 0 Å². The molecule has 108 valence electrons. The van der Waals surface area contributed by atoms with Gasteiger partial charge in [0.15, 0.2) is 0 Å². The lowest BCUT2D eigenvalue weighted by molar-refractivity contribution is 1.30. The smallest absolute Gasteiger partial charge is 0.0683 e. The molecule has 0 radical (unpaired) electrons. The van der Waals surface area contributed by atoms with Crippen molar-refractivity contribution in [1.82, 2.24) is 0 Å². The average molecular weight is 370 g/mol. The van der Waals surface area contributed by atoms with Crippen LogP contribution in [0.3, 0.4) is 0 Å². The van der Waals surface area contributed by atoms with Crippen LogP contribution < -0.4 is 0 Å². The van der Waals surface area contributed by atoms with Gasteiger partial charge in [0.1, 0.15) is 0 Å². The van der Waals surface area contributed by atoms with E-state index in [0.717, 1.165) is 17.9 Å². The van der Waals surface area contributed by atoms with Crippen LogP contribution in [0, 0.1) is 0 Å². The molecule has 0 N–H and O–H groups in total. The Morgan fingerprint density at radius 2 is 1.85 bits per heavy atom. The average Bonchev–Trinajstić information content (AvgIpc) is 2.47. The van der Waals surface area contributed by atoms with Crippen LogP contribution in [-0.4, -0.2) is 24.1 Å².